The molecule has 0 saturated carbocycles. The topological polar surface area (TPSA) is 108 Å². The summed E-state index contributed by atoms with van der Waals surface area (Å²) < 4.78 is 32.5. The van der Waals surface area contributed by atoms with E-state index in [1.165, 1.54) is 0 Å². The number of phosphoric ester groups is 1. The molecule has 0 aromatic rings. The number of phosphoric acid groups is 1. The minimum absolute atomic E-state index is 0.0127. The fourth-order valence-corrected chi connectivity index (χ4v) is 5.62. The van der Waals surface area contributed by atoms with Crippen LogP contribution in [0.2, 0.25) is 0 Å². The van der Waals surface area contributed by atoms with Crippen LogP contribution in [0.5, 0.6) is 0 Å². The number of hydrogen-bond donors (Lipinski definition) is 1. The Morgan fingerprint density at radius 3 is 1.38 bits per heavy atom. The number of allylic oxidation sites excluding steroid dienone is 14. The third-order valence-corrected chi connectivity index (χ3v) is 8.76. The highest BCUT2D eigenvalue weighted by Crippen LogP contribution is 2.43. The molecule has 0 aromatic carbocycles. The van der Waals surface area contributed by atoms with Crippen molar-refractivity contribution in [1.29, 1.82) is 0 Å². The van der Waals surface area contributed by atoms with Gasteiger partial charge in [-0.25, -0.2) is 4.57 Å². The minimum atomic E-state index is -4.29. The summed E-state index contributed by atoms with van der Waals surface area (Å²) in [6, 6.07) is 0. The molecule has 0 bridgehead atoms. The van der Waals surface area contributed by atoms with Gasteiger partial charge in [-0.05, 0) is 90.4 Å². The second-order valence-corrected chi connectivity index (χ2v) is 14.0. The molecule has 52 heavy (non-hydrogen) atoms. The van der Waals surface area contributed by atoms with E-state index in [0.717, 1.165) is 103 Å². The van der Waals surface area contributed by atoms with Gasteiger partial charge in [0, 0.05) is 12.8 Å². The van der Waals surface area contributed by atoms with Gasteiger partial charge in [-0.2, -0.15) is 0 Å². The molecule has 2 unspecified atom stereocenters. The smallest absolute Gasteiger partial charge is 0.462 e. The van der Waals surface area contributed by atoms with E-state index >= 15 is 0 Å². The first-order valence-corrected chi connectivity index (χ1v) is 21.4. The Balaban J connectivity index is 4.23. The van der Waals surface area contributed by atoms with Gasteiger partial charge in [0.15, 0.2) is 6.10 Å². The first-order chi connectivity index (χ1) is 25.3. The highest BCUT2D eigenvalue weighted by Gasteiger charge is 2.25. The average Bonchev–Trinajstić information content (AvgIpc) is 3.12. The molecule has 0 fully saturated rings. The fraction of sp³-hybridized carbons (Fsp3) is 0.628. The number of esters is 2. The lowest BCUT2D eigenvalue weighted by Gasteiger charge is -2.19. The Bertz CT molecular complexity index is 1120. The maximum atomic E-state index is 12.5. The van der Waals surface area contributed by atoms with Crippen molar-refractivity contribution < 1.29 is 37.6 Å². The van der Waals surface area contributed by atoms with Crippen molar-refractivity contribution in [3.63, 3.8) is 0 Å². The normalized spacial score (nSPS) is 14.3. The third kappa shape index (κ3) is 37.0. The molecule has 0 rings (SSSR count). The maximum absolute atomic E-state index is 12.5. The van der Waals surface area contributed by atoms with Crippen molar-refractivity contribution in [2.75, 3.05) is 19.8 Å². The molecule has 0 amide bonds. The maximum Gasteiger partial charge on any atom is 0.472 e. The quantitative estimate of drug-likeness (QED) is 0.0295. The fourth-order valence-electron chi connectivity index (χ4n) is 4.87. The van der Waals surface area contributed by atoms with Gasteiger partial charge in [-0.1, -0.05) is 131 Å². The summed E-state index contributed by atoms with van der Waals surface area (Å²) in [7, 11) is -4.29. The zero-order valence-electron chi connectivity index (χ0n) is 32.7. The van der Waals surface area contributed by atoms with Gasteiger partial charge in [-0.3, -0.25) is 18.6 Å². The Morgan fingerprint density at radius 2 is 0.923 bits per heavy atom. The van der Waals surface area contributed by atoms with Gasteiger partial charge in [0.05, 0.1) is 13.2 Å². The molecule has 8 nitrogen and oxygen atoms in total. The van der Waals surface area contributed by atoms with Crippen LogP contribution < -0.4 is 0 Å². The molecule has 2 atom stereocenters. The summed E-state index contributed by atoms with van der Waals surface area (Å²) in [4.78, 5) is 34.7. The van der Waals surface area contributed by atoms with E-state index in [1.807, 2.05) is 0 Å². The van der Waals surface area contributed by atoms with E-state index in [9.17, 15) is 19.0 Å². The van der Waals surface area contributed by atoms with Crippen LogP contribution in [-0.4, -0.2) is 42.8 Å². The van der Waals surface area contributed by atoms with E-state index in [4.69, 9.17) is 18.5 Å². The Morgan fingerprint density at radius 1 is 0.519 bits per heavy atom. The molecule has 9 heteroatoms. The van der Waals surface area contributed by atoms with Gasteiger partial charge in [0.2, 0.25) is 0 Å². The molecule has 0 aliphatic heterocycles. The largest absolute Gasteiger partial charge is 0.472 e. The van der Waals surface area contributed by atoms with Crippen molar-refractivity contribution in [3.8, 4) is 0 Å². The van der Waals surface area contributed by atoms with Crippen LogP contribution in [0.15, 0.2) is 85.1 Å². The monoisotopic (exact) mass is 746 g/mol. The zero-order valence-corrected chi connectivity index (χ0v) is 33.6. The van der Waals surface area contributed by atoms with Crippen LogP contribution in [0, 0.1) is 0 Å². The molecule has 0 aromatic heterocycles. The van der Waals surface area contributed by atoms with Crippen LogP contribution in [0.4, 0.5) is 0 Å². The molecule has 0 aliphatic carbocycles. The van der Waals surface area contributed by atoms with Crippen molar-refractivity contribution in [1.82, 2.24) is 0 Å². The summed E-state index contributed by atoms with van der Waals surface area (Å²) in [6.45, 7) is 5.17. The Hall–Kier alpha value is -2.77. The van der Waals surface area contributed by atoms with Crippen LogP contribution in [-0.2, 0) is 32.7 Å². The number of rotatable bonds is 35. The van der Waals surface area contributed by atoms with Gasteiger partial charge in [0.1, 0.15) is 6.61 Å². The molecule has 0 radical (unpaired) electrons. The third-order valence-electron chi connectivity index (χ3n) is 7.70. The lowest BCUT2D eigenvalue weighted by atomic mass is 10.1. The minimum Gasteiger partial charge on any atom is -0.462 e. The van der Waals surface area contributed by atoms with Crippen molar-refractivity contribution in [2.45, 2.75) is 155 Å². The standard InChI is InChI=1S/C43H71O8P/c1-4-7-9-11-13-15-17-19-21-22-24-26-28-30-32-34-36-38-43(45)51-41(40-50-52(46,47)49-6-3)39-48-42(44)37-35-33-31-29-27-25-23-20-18-16-14-12-10-8-5-2/h7-10,13-16,19-21,23-24,26,41H,4-6,11-12,17-18,22,25,27-40H2,1-3H3,(H,46,47)/b9-7-,10-8-,15-13-,16-14-,21-19-,23-20-,26-24-. The highest BCUT2D eigenvalue weighted by atomic mass is 31.2. The summed E-state index contributed by atoms with van der Waals surface area (Å²) in [5, 5.41) is 0. The first kappa shape index (κ1) is 49.2. The lowest BCUT2D eigenvalue weighted by Crippen LogP contribution is -2.29. The average molecular weight is 747 g/mol. The summed E-state index contributed by atoms with van der Waals surface area (Å²) in [5.74, 6) is -0.855. The number of carbonyl (C=O) groups excluding carboxylic acids is 2. The molecule has 296 valence electrons. The van der Waals surface area contributed by atoms with E-state index in [0.29, 0.717) is 12.8 Å². The molecular formula is C43H71O8P. The number of unbranched alkanes of at least 4 members (excludes halogenated alkanes) is 9. The predicted octanol–water partition coefficient (Wildman–Crippen LogP) is 12.3. The second-order valence-electron chi connectivity index (χ2n) is 12.5. The van der Waals surface area contributed by atoms with Crippen LogP contribution in [0.1, 0.15) is 149 Å². The van der Waals surface area contributed by atoms with Crippen LogP contribution in [0.25, 0.3) is 0 Å². The van der Waals surface area contributed by atoms with E-state index in [1.54, 1.807) is 6.92 Å². The number of carbonyl (C=O) groups is 2. The van der Waals surface area contributed by atoms with Crippen molar-refractivity contribution >= 4 is 19.8 Å². The van der Waals surface area contributed by atoms with Crippen LogP contribution >= 0.6 is 7.82 Å². The molecule has 0 spiro atoms. The first-order valence-electron chi connectivity index (χ1n) is 19.9. The van der Waals surface area contributed by atoms with Crippen molar-refractivity contribution in [3.05, 3.63) is 85.1 Å². The second kappa shape index (κ2) is 38.0. The SMILES string of the molecule is CC/C=C\C/C=C\C/C=C\C/C=C\CCCCCCC(=O)OC(COC(=O)CCCCCCC/C=C\C/C=C\C/C=C\CC)COP(=O)(O)OCC. The van der Waals surface area contributed by atoms with Gasteiger partial charge in [-0.15, -0.1) is 0 Å². The number of hydrogen-bond acceptors (Lipinski definition) is 7. The Kier molecular flexibility index (Phi) is 35.9. The summed E-state index contributed by atoms with van der Waals surface area (Å²) in [5.41, 5.74) is 0. The van der Waals surface area contributed by atoms with Gasteiger partial charge >= 0.3 is 19.8 Å². The van der Waals surface area contributed by atoms with E-state index < -0.39 is 32.5 Å². The summed E-state index contributed by atoms with van der Waals surface area (Å²) >= 11 is 0. The predicted molar refractivity (Wildman–Crippen MR) is 216 cm³/mol. The highest BCUT2D eigenvalue weighted by molar-refractivity contribution is 7.47. The van der Waals surface area contributed by atoms with Gasteiger partial charge < -0.3 is 14.4 Å². The van der Waals surface area contributed by atoms with Gasteiger partial charge in [0.25, 0.3) is 0 Å². The zero-order chi connectivity index (χ0) is 38.2. The van der Waals surface area contributed by atoms with E-state index in [2.05, 4.69) is 98.9 Å². The van der Waals surface area contributed by atoms with Crippen LogP contribution in [0.3, 0.4) is 0 Å². The molecular weight excluding hydrogens is 675 g/mol. The number of ether oxygens (including phenoxy) is 2. The lowest BCUT2D eigenvalue weighted by molar-refractivity contribution is -0.161. The molecule has 0 aliphatic rings. The Labute approximate surface area is 316 Å². The summed E-state index contributed by atoms with van der Waals surface area (Å²) in [6.07, 6.45) is 47.8. The van der Waals surface area contributed by atoms with E-state index in [-0.39, 0.29) is 26.1 Å². The van der Waals surface area contributed by atoms with Crippen molar-refractivity contribution in [2.24, 2.45) is 0 Å². The molecule has 1 N–H and O–H groups in total. The molecule has 0 heterocycles. The molecule has 0 saturated heterocycles.